The Balaban J connectivity index is 2.14. The van der Waals surface area contributed by atoms with Crippen LogP contribution in [0.2, 0.25) is 0 Å². The fourth-order valence-electron chi connectivity index (χ4n) is 2.40. The minimum absolute atomic E-state index is 0.680. The summed E-state index contributed by atoms with van der Waals surface area (Å²) in [6.45, 7) is 2.09. The van der Waals surface area contributed by atoms with Crippen molar-refractivity contribution in [3.8, 4) is 23.0 Å². The summed E-state index contributed by atoms with van der Waals surface area (Å²) in [4.78, 5) is 0. The van der Waals surface area contributed by atoms with Gasteiger partial charge < -0.3 is 4.57 Å². The van der Waals surface area contributed by atoms with Crippen LogP contribution in [0.25, 0.3) is 16.9 Å². The van der Waals surface area contributed by atoms with Crippen LogP contribution in [-0.4, -0.2) is 4.57 Å². The first kappa shape index (κ1) is 12.3. The molecule has 0 aliphatic carbocycles. The van der Waals surface area contributed by atoms with Gasteiger partial charge in [0, 0.05) is 11.4 Å². The van der Waals surface area contributed by atoms with Gasteiger partial charge in [-0.2, -0.15) is 5.26 Å². The van der Waals surface area contributed by atoms with Gasteiger partial charge in [0.1, 0.15) is 0 Å². The third kappa shape index (κ3) is 2.10. The first-order valence-corrected chi connectivity index (χ1v) is 6.54. The highest BCUT2D eigenvalue weighted by atomic mass is 15.0. The van der Waals surface area contributed by atoms with Crippen molar-refractivity contribution in [2.75, 3.05) is 0 Å². The minimum Gasteiger partial charge on any atom is -0.314 e. The quantitative estimate of drug-likeness (QED) is 0.672. The van der Waals surface area contributed by atoms with Crippen molar-refractivity contribution >= 4 is 0 Å². The van der Waals surface area contributed by atoms with Crippen molar-refractivity contribution in [3.05, 3.63) is 78.0 Å². The van der Waals surface area contributed by atoms with E-state index in [1.807, 2.05) is 42.5 Å². The smallest absolute Gasteiger partial charge is 0.0991 e. The van der Waals surface area contributed by atoms with Crippen LogP contribution in [0.4, 0.5) is 0 Å². The SMILES string of the molecule is Cc1ccc(-c2ccccc2)n1-c1ccc(C#N)cc1. The maximum Gasteiger partial charge on any atom is 0.0991 e. The number of nitriles is 1. The number of hydrogen-bond acceptors (Lipinski definition) is 1. The normalized spacial score (nSPS) is 10.2. The summed E-state index contributed by atoms with van der Waals surface area (Å²) in [6.07, 6.45) is 0. The van der Waals surface area contributed by atoms with Crippen molar-refractivity contribution in [1.82, 2.24) is 4.57 Å². The average molecular weight is 258 g/mol. The van der Waals surface area contributed by atoms with E-state index >= 15 is 0 Å². The van der Waals surface area contributed by atoms with Gasteiger partial charge in [0.15, 0.2) is 0 Å². The van der Waals surface area contributed by atoms with E-state index in [9.17, 15) is 0 Å². The summed E-state index contributed by atoms with van der Waals surface area (Å²) in [5.41, 5.74) is 5.27. The van der Waals surface area contributed by atoms with Crippen LogP contribution in [0.3, 0.4) is 0 Å². The van der Waals surface area contributed by atoms with Crippen LogP contribution < -0.4 is 0 Å². The summed E-state index contributed by atoms with van der Waals surface area (Å²) >= 11 is 0. The number of rotatable bonds is 2. The number of hydrogen-bond donors (Lipinski definition) is 0. The molecule has 1 aromatic heterocycles. The zero-order chi connectivity index (χ0) is 13.9. The summed E-state index contributed by atoms with van der Waals surface area (Å²) in [5, 5.41) is 8.89. The Kier molecular flexibility index (Phi) is 3.10. The fraction of sp³-hybridized carbons (Fsp3) is 0.0556. The zero-order valence-corrected chi connectivity index (χ0v) is 11.2. The molecule has 0 spiro atoms. The van der Waals surface area contributed by atoms with Gasteiger partial charge in [-0.25, -0.2) is 0 Å². The fourth-order valence-corrected chi connectivity index (χ4v) is 2.40. The molecule has 20 heavy (non-hydrogen) atoms. The van der Waals surface area contributed by atoms with Gasteiger partial charge in [0.25, 0.3) is 0 Å². The van der Waals surface area contributed by atoms with Crippen molar-refractivity contribution in [3.63, 3.8) is 0 Å². The van der Waals surface area contributed by atoms with Gasteiger partial charge in [-0.05, 0) is 48.9 Å². The van der Waals surface area contributed by atoms with E-state index in [4.69, 9.17) is 5.26 Å². The molecular formula is C18H14N2. The lowest BCUT2D eigenvalue weighted by Crippen LogP contribution is -1.98. The Hall–Kier alpha value is -2.79. The van der Waals surface area contributed by atoms with Gasteiger partial charge in [-0.1, -0.05) is 30.3 Å². The Morgan fingerprint density at radius 1 is 0.850 bits per heavy atom. The van der Waals surface area contributed by atoms with Crippen LogP contribution >= 0.6 is 0 Å². The molecule has 0 atom stereocenters. The lowest BCUT2D eigenvalue weighted by atomic mass is 10.1. The van der Waals surface area contributed by atoms with Gasteiger partial charge in [-0.15, -0.1) is 0 Å². The molecule has 0 fully saturated rings. The molecule has 2 aromatic carbocycles. The van der Waals surface area contributed by atoms with E-state index in [0.29, 0.717) is 5.56 Å². The molecule has 0 radical (unpaired) electrons. The van der Waals surface area contributed by atoms with E-state index in [0.717, 1.165) is 11.4 Å². The molecule has 0 aliphatic rings. The van der Waals surface area contributed by atoms with E-state index in [1.165, 1.54) is 11.3 Å². The Morgan fingerprint density at radius 2 is 1.55 bits per heavy atom. The first-order valence-electron chi connectivity index (χ1n) is 6.54. The number of aromatic nitrogens is 1. The molecule has 96 valence electrons. The summed E-state index contributed by atoms with van der Waals surface area (Å²) in [5.74, 6) is 0. The second-order valence-corrected chi connectivity index (χ2v) is 4.72. The standard InChI is InChI=1S/C18H14N2/c1-14-7-12-18(16-5-3-2-4-6-16)20(14)17-10-8-15(13-19)9-11-17/h2-12H,1H3. The van der Waals surface area contributed by atoms with Crippen LogP contribution in [0, 0.1) is 18.3 Å². The lowest BCUT2D eigenvalue weighted by molar-refractivity contribution is 1.02. The van der Waals surface area contributed by atoms with Crippen LogP contribution in [0.1, 0.15) is 11.3 Å². The average Bonchev–Trinajstić information content (AvgIpc) is 2.90. The molecular weight excluding hydrogens is 244 g/mol. The predicted molar refractivity (Wildman–Crippen MR) is 80.7 cm³/mol. The van der Waals surface area contributed by atoms with Crippen LogP contribution in [-0.2, 0) is 0 Å². The largest absolute Gasteiger partial charge is 0.314 e. The maximum atomic E-state index is 8.89. The maximum absolute atomic E-state index is 8.89. The minimum atomic E-state index is 0.680. The van der Waals surface area contributed by atoms with Gasteiger partial charge in [0.2, 0.25) is 0 Å². The van der Waals surface area contributed by atoms with E-state index in [1.54, 1.807) is 0 Å². The molecule has 0 bridgehead atoms. The van der Waals surface area contributed by atoms with Gasteiger partial charge in [-0.3, -0.25) is 0 Å². The lowest BCUT2D eigenvalue weighted by Gasteiger charge is -2.12. The zero-order valence-electron chi connectivity index (χ0n) is 11.2. The second kappa shape index (κ2) is 5.07. The van der Waals surface area contributed by atoms with Crippen LogP contribution in [0.5, 0.6) is 0 Å². The number of aryl methyl sites for hydroxylation is 1. The van der Waals surface area contributed by atoms with E-state index < -0.39 is 0 Å². The molecule has 3 rings (SSSR count). The molecule has 0 saturated carbocycles. The highest BCUT2D eigenvalue weighted by Gasteiger charge is 2.08. The molecule has 3 aromatic rings. The topological polar surface area (TPSA) is 28.7 Å². The van der Waals surface area contributed by atoms with Crippen molar-refractivity contribution in [1.29, 1.82) is 5.26 Å². The number of nitrogens with zero attached hydrogens (tertiary/aromatic N) is 2. The first-order chi connectivity index (χ1) is 9.79. The highest BCUT2D eigenvalue weighted by molar-refractivity contribution is 5.64. The van der Waals surface area contributed by atoms with Crippen molar-refractivity contribution < 1.29 is 0 Å². The predicted octanol–water partition coefficient (Wildman–Crippen LogP) is 4.32. The summed E-state index contributed by atoms with van der Waals surface area (Å²) < 4.78 is 2.20. The third-order valence-electron chi connectivity index (χ3n) is 3.40. The molecule has 0 amide bonds. The Bertz CT molecular complexity index is 759. The Morgan fingerprint density at radius 3 is 2.20 bits per heavy atom. The van der Waals surface area contributed by atoms with Crippen molar-refractivity contribution in [2.45, 2.75) is 6.92 Å². The summed E-state index contributed by atoms with van der Waals surface area (Å²) in [6, 6.07) is 24.4. The molecule has 0 aliphatic heterocycles. The number of benzene rings is 2. The summed E-state index contributed by atoms with van der Waals surface area (Å²) in [7, 11) is 0. The monoisotopic (exact) mass is 258 g/mol. The molecule has 2 heteroatoms. The molecule has 2 nitrogen and oxygen atoms in total. The highest BCUT2D eigenvalue weighted by Crippen LogP contribution is 2.26. The van der Waals surface area contributed by atoms with Crippen LogP contribution in [0.15, 0.2) is 66.7 Å². The van der Waals surface area contributed by atoms with E-state index in [2.05, 4.69) is 41.8 Å². The third-order valence-corrected chi connectivity index (χ3v) is 3.40. The molecule has 1 heterocycles. The Labute approximate surface area is 118 Å². The van der Waals surface area contributed by atoms with Crippen molar-refractivity contribution in [2.24, 2.45) is 0 Å². The van der Waals surface area contributed by atoms with Gasteiger partial charge >= 0.3 is 0 Å². The molecule has 0 saturated heterocycles. The second-order valence-electron chi connectivity index (χ2n) is 4.72. The molecule has 0 unspecified atom stereocenters. The van der Waals surface area contributed by atoms with Gasteiger partial charge in [0.05, 0.1) is 17.3 Å². The molecule has 0 N–H and O–H groups in total. The van der Waals surface area contributed by atoms with E-state index in [-0.39, 0.29) is 0 Å².